The second-order valence-electron chi connectivity index (χ2n) is 8.44. The maximum absolute atomic E-state index is 9.63. The van der Waals surface area contributed by atoms with Crippen molar-refractivity contribution in [2.45, 2.75) is 103 Å². The molecule has 0 aliphatic rings. The van der Waals surface area contributed by atoms with Gasteiger partial charge in [0.25, 0.3) is 0 Å². The Balaban J connectivity index is 1.82. The minimum absolute atomic E-state index is 0.207. The molecule has 3 nitrogen and oxygen atoms in total. The number of phenols is 1. The van der Waals surface area contributed by atoms with Gasteiger partial charge in [-0.2, -0.15) is 0 Å². The van der Waals surface area contributed by atoms with Gasteiger partial charge < -0.3 is 15.2 Å². The number of hydrogen-bond acceptors (Lipinski definition) is 3. The summed E-state index contributed by atoms with van der Waals surface area (Å²) in [6.07, 6.45) is 24.7. The molecule has 3 heteroatoms. The Hall–Kier alpha value is -1.48. The molecule has 0 amide bonds. The van der Waals surface area contributed by atoms with Crippen LogP contribution in [0.5, 0.6) is 11.5 Å². The highest BCUT2D eigenvalue weighted by molar-refractivity contribution is 5.41. The lowest BCUT2D eigenvalue weighted by molar-refractivity contribution is 0.373. The molecule has 0 aliphatic heterocycles. The van der Waals surface area contributed by atoms with Crippen LogP contribution in [-0.4, -0.2) is 25.3 Å². The molecule has 0 saturated heterocycles. The molecule has 0 atom stereocenters. The van der Waals surface area contributed by atoms with Crippen molar-refractivity contribution in [1.29, 1.82) is 0 Å². The second kappa shape index (κ2) is 19.5. The highest BCUT2D eigenvalue weighted by Gasteiger charge is 2.02. The summed E-state index contributed by atoms with van der Waals surface area (Å²) in [5, 5.41) is 13.1. The molecule has 0 aromatic heterocycles. The SMILES string of the molecule is CCCCCCCC/C=C\CCCCCCCCNCCc1ccc(O)c(OC)c1. The van der Waals surface area contributed by atoms with Gasteiger partial charge in [0.1, 0.15) is 0 Å². The van der Waals surface area contributed by atoms with E-state index in [1.54, 1.807) is 13.2 Å². The van der Waals surface area contributed by atoms with Gasteiger partial charge in [-0.1, -0.05) is 82.9 Å². The molecule has 1 rings (SSSR count). The van der Waals surface area contributed by atoms with Gasteiger partial charge in [0, 0.05) is 0 Å². The third kappa shape index (κ3) is 14.5. The summed E-state index contributed by atoms with van der Waals surface area (Å²) >= 11 is 0. The molecule has 0 spiro atoms. The van der Waals surface area contributed by atoms with Crippen LogP contribution < -0.4 is 10.1 Å². The Morgan fingerprint density at radius 3 is 2.03 bits per heavy atom. The first-order valence-corrected chi connectivity index (χ1v) is 12.5. The van der Waals surface area contributed by atoms with Crippen molar-refractivity contribution in [2.75, 3.05) is 20.2 Å². The summed E-state index contributed by atoms with van der Waals surface area (Å²) in [5.41, 5.74) is 1.19. The zero-order valence-corrected chi connectivity index (χ0v) is 19.8. The highest BCUT2D eigenvalue weighted by atomic mass is 16.5. The number of hydrogen-bond donors (Lipinski definition) is 2. The van der Waals surface area contributed by atoms with Crippen molar-refractivity contribution in [3.8, 4) is 11.5 Å². The number of unbranched alkanes of at least 4 members (excludes halogenated alkanes) is 12. The van der Waals surface area contributed by atoms with E-state index in [0.717, 1.165) is 19.5 Å². The summed E-state index contributed by atoms with van der Waals surface area (Å²) < 4.78 is 5.16. The van der Waals surface area contributed by atoms with Crippen molar-refractivity contribution in [2.24, 2.45) is 0 Å². The molecular formula is C27H47NO2. The fourth-order valence-corrected chi connectivity index (χ4v) is 3.73. The molecule has 0 unspecified atom stereocenters. The minimum Gasteiger partial charge on any atom is -0.504 e. The van der Waals surface area contributed by atoms with Gasteiger partial charge in [0.15, 0.2) is 11.5 Å². The molecule has 0 aliphatic carbocycles. The summed E-state index contributed by atoms with van der Waals surface area (Å²) in [4.78, 5) is 0. The molecule has 30 heavy (non-hydrogen) atoms. The van der Waals surface area contributed by atoms with Crippen LogP contribution in [0.4, 0.5) is 0 Å². The molecule has 0 saturated carbocycles. The Morgan fingerprint density at radius 2 is 1.40 bits per heavy atom. The number of benzene rings is 1. The normalized spacial score (nSPS) is 11.4. The minimum atomic E-state index is 0.207. The monoisotopic (exact) mass is 417 g/mol. The molecular weight excluding hydrogens is 370 g/mol. The molecule has 1 aromatic carbocycles. The molecule has 2 N–H and O–H groups in total. The average molecular weight is 418 g/mol. The van der Waals surface area contributed by atoms with Crippen LogP contribution in [0.15, 0.2) is 30.4 Å². The van der Waals surface area contributed by atoms with E-state index < -0.39 is 0 Å². The zero-order valence-electron chi connectivity index (χ0n) is 19.8. The lowest BCUT2D eigenvalue weighted by Crippen LogP contribution is -2.18. The van der Waals surface area contributed by atoms with E-state index in [1.807, 2.05) is 12.1 Å². The number of rotatable bonds is 20. The number of phenolic OH excluding ortho intramolecular Hbond substituents is 1. The number of methoxy groups -OCH3 is 1. The Morgan fingerprint density at radius 1 is 0.800 bits per heavy atom. The van der Waals surface area contributed by atoms with E-state index in [4.69, 9.17) is 4.74 Å². The van der Waals surface area contributed by atoms with E-state index in [9.17, 15) is 5.11 Å². The maximum Gasteiger partial charge on any atom is 0.160 e. The molecule has 0 radical (unpaired) electrons. The summed E-state index contributed by atoms with van der Waals surface area (Å²) in [5.74, 6) is 0.763. The van der Waals surface area contributed by atoms with Gasteiger partial charge in [0.2, 0.25) is 0 Å². The lowest BCUT2D eigenvalue weighted by atomic mass is 10.1. The standard InChI is InChI=1S/C27H47NO2/c1-3-4-5-6-7-8-9-10-11-12-13-14-15-16-17-18-22-28-23-21-25-19-20-26(29)27(24-25)30-2/h10-11,19-20,24,28-29H,3-9,12-18,21-23H2,1-2H3/b11-10-. The van der Waals surface area contributed by atoms with Gasteiger partial charge in [-0.25, -0.2) is 0 Å². The third-order valence-corrected chi connectivity index (χ3v) is 5.70. The predicted molar refractivity (Wildman–Crippen MR) is 131 cm³/mol. The Bertz CT molecular complexity index is 542. The Kier molecular flexibility index (Phi) is 17.2. The van der Waals surface area contributed by atoms with Crippen LogP contribution in [0, 0.1) is 0 Å². The van der Waals surface area contributed by atoms with E-state index in [-0.39, 0.29) is 5.75 Å². The van der Waals surface area contributed by atoms with Crippen molar-refractivity contribution in [3.05, 3.63) is 35.9 Å². The van der Waals surface area contributed by atoms with Crippen LogP contribution in [0.1, 0.15) is 102 Å². The first-order chi connectivity index (χ1) is 14.8. The van der Waals surface area contributed by atoms with Crippen LogP contribution >= 0.6 is 0 Å². The molecule has 172 valence electrons. The smallest absolute Gasteiger partial charge is 0.160 e. The maximum atomic E-state index is 9.63. The predicted octanol–water partition coefficient (Wildman–Crippen LogP) is 7.57. The van der Waals surface area contributed by atoms with Gasteiger partial charge >= 0.3 is 0 Å². The fourth-order valence-electron chi connectivity index (χ4n) is 3.73. The zero-order chi connectivity index (χ0) is 21.7. The number of ether oxygens (including phenoxy) is 1. The first-order valence-electron chi connectivity index (χ1n) is 12.5. The highest BCUT2D eigenvalue weighted by Crippen LogP contribution is 2.26. The quantitative estimate of drug-likeness (QED) is 0.170. The van der Waals surface area contributed by atoms with Crippen LogP contribution in [0.3, 0.4) is 0 Å². The average Bonchev–Trinajstić information content (AvgIpc) is 2.76. The summed E-state index contributed by atoms with van der Waals surface area (Å²) in [7, 11) is 1.59. The van der Waals surface area contributed by atoms with E-state index in [1.165, 1.54) is 95.5 Å². The number of nitrogens with one attached hydrogen (secondary N) is 1. The topological polar surface area (TPSA) is 41.5 Å². The van der Waals surface area contributed by atoms with Crippen molar-refractivity contribution < 1.29 is 9.84 Å². The number of allylic oxidation sites excluding steroid dienone is 2. The number of aromatic hydroxyl groups is 1. The second-order valence-corrected chi connectivity index (χ2v) is 8.44. The van der Waals surface area contributed by atoms with Crippen molar-refractivity contribution in [3.63, 3.8) is 0 Å². The van der Waals surface area contributed by atoms with E-state index >= 15 is 0 Å². The van der Waals surface area contributed by atoms with Crippen LogP contribution in [-0.2, 0) is 6.42 Å². The van der Waals surface area contributed by atoms with E-state index in [2.05, 4.69) is 24.4 Å². The molecule has 1 aromatic rings. The van der Waals surface area contributed by atoms with Crippen molar-refractivity contribution in [1.82, 2.24) is 5.32 Å². The van der Waals surface area contributed by atoms with Crippen molar-refractivity contribution >= 4 is 0 Å². The molecule has 0 heterocycles. The molecule has 0 fully saturated rings. The van der Waals surface area contributed by atoms with Crippen LogP contribution in [0.2, 0.25) is 0 Å². The first kappa shape index (κ1) is 26.6. The van der Waals surface area contributed by atoms with E-state index in [0.29, 0.717) is 5.75 Å². The van der Waals surface area contributed by atoms with Gasteiger partial charge in [-0.3, -0.25) is 0 Å². The van der Waals surface area contributed by atoms with Gasteiger partial charge in [-0.05, 0) is 69.3 Å². The summed E-state index contributed by atoms with van der Waals surface area (Å²) in [6, 6.07) is 5.59. The van der Waals surface area contributed by atoms with Crippen LogP contribution in [0.25, 0.3) is 0 Å². The Labute approximate surface area is 186 Å². The lowest BCUT2D eigenvalue weighted by Gasteiger charge is -2.08. The summed E-state index contributed by atoms with van der Waals surface area (Å²) in [6.45, 7) is 4.34. The van der Waals surface area contributed by atoms with Gasteiger partial charge in [0.05, 0.1) is 7.11 Å². The third-order valence-electron chi connectivity index (χ3n) is 5.70. The van der Waals surface area contributed by atoms with Gasteiger partial charge in [-0.15, -0.1) is 0 Å². The fraction of sp³-hybridized carbons (Fsp3) is 0.704. The largest absolute Gasteiger partial charge is 0.504 e. The molecule has 0 bridgehead atoms.